The van der Waals surface area contributed by atoms with Crippen molar-refractivity contribution in [2.45, 2.75) is 26.3 Å². The molecular weight excluding hydrogens is 360 g/mol. The van der Waals surface area contributed by atoms with Crippen LogP contribution in [-0.4, -0.2) is 44.7 Å². The Balaban J connectivity index is 2.12. The number of hydrogen-bond donors (Lipinski definition) is 1. The number of carbonyl (C=O) groups is 3. The Morgan fingerprint density at radius 3 is 2.60 bits per heavy atom. The Kier molecular flexibility index (Phi) is 4.66. The second kappa shape index (κ2) is 6.61. The molecule has 1 unspecified atom stereocenters. The summed E-state index contributed by atoms with van der Waals surface area (Å²) in [6.45, 7) is 3.92. The Bertz CT molecular complexity index is 834. The number of carboxylic acids is 1. The van der Waals surface area contributed by atoms with E-state index in [1.807, 2.05) is 25.1 Å². The molecule has 1 aromatic carbocycles. The molecule has 25 heavy (non-hydrogen) atoms. The third kappa shape index (κ3) is 2.75. The molecule has 1 fully saturated rings. The number of fused-ring (bicyclic) bond motifs is 1. The van der Waals surface area contributed by atoms with Crippen LogP contribution in [0.3, 0.4) is 0 Å². The van der Waals surface area contributed by atoms with Crippen molar-refractivity contribution >= 4 is 57.3 Å². The Morgan fingerprint density at radius 2 is 1.96 bits per heavy atom. The first-order chi connectivity index (χ1) is 11.9. The molecule has 0 saturated carbocycles. The average Bonchev–Trinajstić information content (AvgIpc) is 3.01. The van der Waals surface area contributed by atoms with Gasteiger partial charge in [0.2, 0.25) is 0 Å². The van der Waals surface area contributed by atoms with E-state index >= 15 is 0 Å². The van der Waals surface area contributed by atoms with Gasteiger partial charge in [0.15, 0.2) is 0 Å². The number of para-hydroxylation sites is 1. The van der Waals surface area contributed by atoms with Gasteiger partial charge in [0.1, 0.15) is 10.4 Å². The maximum atomic E-state index is 12.9. The molecular formula is C17H16N2O4S2. The summed E-state index contributed by atoms with van der Waals surface area (Å²) in [5.74, 6) is -1.92. The zero-order chi connectivity index (χ0) is 18.3. The van der Waals surface area contributed by atoms with Crippen LogP contribution in [-0.2, 0) is 14.4 Å². The predicted molar refractivity (Wildman–Crippen MR) is 100 cm³/mol. The molecule has 2 heterocycles. The number of thioether (sulfide) groups is 1. The molecule has 0 aromatic heterocycles. The van der Waals surface area contributed by atoms with Crippen LogP contribution in [0.5, 0.6) is 0 Å². The summed E-state index contributed by atoms with van der Waals surface area (Å²) in [6, 6.07) is 6.21. The number of anilines is 1. The zero-order valence-electron chi connectivity index (χ0n) is 13.7. The minimum absolute atomic E-state index is 0.154. The third-order valence-electron chi connectivity index (χ3n) is 4.14. The highest BCUT2D eigenvalue weighted by molar-refractivity contribution is 8.26. The molecule has 1 atom stereocenters. The predicted octanol–water partition coefficient (Wildman–Crippen LogP) is 2.49. The van der Waals surface area contributed by atoms with E-state index in [2.05, 4.69) is 0 Å². The van der Waals surface area contributed by atoms with Gasteiger partial charge in [0.05, 0.1) is 16.2 Å². The highest BCUT2D eigenvalue weighted by Crippen LogP contribution is 2.44. The van der Waals surface area contributed by atoms with E-state index in [0.29, 0.717) is 17.7 Å². The van der Waals surface area contributed by atoms with Crippen LogP contribution >= 0.6 is 24.0 Å². The molecule has 1 N–H and O–H groups in total. The lowest BCUT2D eigenvalue weighted by atomic mass is 10.1. The van der Waals surface area contributed by atoms with Gasteiger partial charge >= 0.3 is 5.97 Å². The number of carbonyl (C=O) groups excluding carboxylic acids is 2. The van der Waals surface area contributed by atoms with Crippen LogP contribution in [0, 0.1) is 0 Å². The van der Waals surface area contributed by atoms with Gasteiger partial charge in [-0.2, -0.15) is 0 Å². The number of carboxylic acid groups (broad SMARTS) is 1. The van der Waals surface area contributed by atoms with Gasteiger partial charge in [0.25, 0.3) is 11.8 Å². The monoisotopic (exact) mass is 376 g/mol. The highest BCUT2D eigenvalue weighted by Gasteiger charge is 2.44. The number of hydrogen-bond acceptors (Lipinski definition) is 5. The van der Waals surface area contributed by atoms with E-state index in [0.717, 1.165) is 28.8 Å². The summed E-state index contributed by atoms with van der Waals surface area (Å²) < 4.78 is 0.154. The molecule has 0 radical (unpaired) electrons. The van der Waals surface area contributed by atoms with Crippen LogP contribution in [0.4, 0.5) is 5.69 Å². The maximum absolute atomic E-state index is 12.9. The maximum Gasteiger partial charge on any atom is 0.326 e. The quantitative estimate of drug-likeness (QED) is 0.643. The van der Waals surface area contributed by atoms with Crippen molar-refractivity contribution in [1.82, 2.24) is 4.90 Å². The number of aliphatic carboxylic acids is 1. The Morgan fingerprint density at radius 1 is 1.28 bits per heavy atom. The van der Waals surface area contributed by atoms with E-state index in [9.17, 15) is 19.5 Å². The highest BCUT2D eigenvalue weighted by atomic mass is 32.2. The lowest BCUT2D eigenvalue weighted by Gasteiger charge is -2.18. The lowest BCUT2D eigenvalue weighted by molar-refractivity contribution is -0.144. The van der Waals surface area contributed by atoms with Gasteiger partial charge in [0, 0.05) is 12.1 Å². The van der Waals surface area contributed by atoms with E-state index in [1.165, 1.54) is 6.92 Å². The third-order valence-corrected chi connectivity index (χ3v) is 5.54. The van der Waals surface area contributed by atoms with Crippen molar-refractivity contribution in [2.75, 3.05) is 11.4 Å². The van der Waals surface area contributed by atoms with Crippen molar-refractivity contribution < 1.29 is 19.5 Å². The molecule has 2 aliphatic heterocycles. The van der Waals surface area contributed by atoms with Crippen molar-refractivity contribution in [3.05, 3.63) is 34.7 Å². The molecule has 1 aromatic rings. The summed E-state index contributed by atoms with van der Waals surface area (Å²) >= 11 is 6.18. The lowest BCUT2D eigenvalue weighted by Crippen LogP contribution is -2.41. The van der Waals surface area contributed by atoms with Gasteiger partial charge in [-0.15, -0.1) is 0 Å². The van der Waals surface area contributed by atoms with Crippen LogP contribution in [0.1, 0.15) is 25.8 Å². The van der Waals surface area contributed by atoms with Gasteiger partial charge in [-0.25, -0.2) is 4.79 Å². The number of nitrogens with zero attached hydrogens (tertiary/aromatic N) is 2. The van der Waals surface area contributed by atoms with Gasteiger partial charge in [-0.05, 0) is 19.4 Å². The first-order valence-electron chi connectivity index (χ1n) is 7.82. The summed E-state index contributed by atoms with van der Waals surface area (Å²) in [5.41, 5.74) is 1.76. The Labute approximate surface area is 154 Å². The summed E-state index contributed by atoms with van der Waals surface area (Å²) in [6.07, 6.45) is 0.782. The number of amides is 2. The first-order valence-corrected chi connectivity index (χ1v) is 9.04. The summed E-state index contributed by atoms with van der Waals surface area (Å²) in [7, 11) is 0. The van der Waals surface area contributed by atoms with Crippen molar-refractivity contribution in [3.63, 3.8) is 0 Å². The minimum atomic E-state index is -1.15. The van der Waals surface area contributed by atoms with Gasteiger partial charge < -0.3 is 10.0 Å². The molecule has 1 saturated heterocycles. The van der Waals surface area contributed by atoms with Crippen LogP contribution < -0.4 is 4.90 Å². The molecule has 2 amide bonds. The molecule has 8 heteroatoms. The molecule has 0 spiro atoms. The average molecular weight is 376 g/mol. The van der Waals surface area contributed by atoms with Crippen molar-refractivity contribution in [2.24, 2.45) is 0 Å². The fraction of sp³-hybridized carbons (Fsp3) is 0.294. The number of benzene rings is 1. The van der Waals surface area contributed by atoms with E-state index in [1.54, 1.807) is 11.0 Å². The largest absolute Gasteiger partial charge is 0.480 e. The van der Waals surface area contributed by atoms with E-state index < -0.39 is 17.9 Å². The Hall–Kier alpha value is -2.19. The first kappa shape index (κ1) is 17.6. The SMILES string of the molecule is CCCN1C(=O)/C(=C2\SC(=S)N(C(C)C(=O)O)C2=O)c2ccccc21. The standard InChI is InChI=1S/C17H16N2O4S2/c1-3-8-18-11-7-5-4-6-10(11)12(14(18)20)13-15(21)19(17(24)25-13)9(2)16(22)23/h4-7,9H,3,8H2,1-2H3,(H,22,23)/b13-12-. The van der Waals surface area contributed by atoms with Crippen LogP contribution in [0.25, 0.3) is 5.57 Å². The molecule has 6 nitrogen and oxygen atoms in total. The van der Waals surface area contributed by atoms with Crippen molar-refractivity contribution in [3.8, 4) is 0 Å². The molecule has 0 aliphatic carbocycles. The normalized spacial score (nSPS) is 21.1. The van der Waals surface area contributed by atoms with Crippen molar-refractivity contribution in [1.29, 1.82) is 0 Å². The second-order valence-electron chi connectivity index (χ2n) is 5.74. The fourth-order valence-electron chi connectivity index (χ4n) is 2.92. The number of rotatable bonds is 4. The zero-order valence-corrected chi connectivity index (χ0v) is 15.3. The van der Waals surface area contributed by atoms with Gasteiger partial charge in [-0.3, -0.25) is 14.5 Å². The second-order valence-corrected chi connectivity index (χ2v) is 7.38. The van der Waals surface area contributed by atoms with Crippen LogP contribution in [0.2, 0.25) is 0 Å². The fourth-order valence-corrected chi connectivity index (χ4v) is 4.41. The molecule has 0 bridgehead atoms. The summed E-state index contributed by atoms with van der Waals surface area (Å²) in [5, 5.41) is 9.20. The molecule has 2 aliphatic rings. The van der Waals surface area contributed by atoms with Crippen LogP contribution in [0.15, 0.2) is 29.2 Å². The van der Waals surface area contributed by atoms with E-state index in [4.69, 9.17) is 12.2 Å². The summed E-state index contributed by atoms with van der Waals surface area (Å²) in [4.78, 5) is 39.9. The topological polar surface area (TPSA) is 77.9 Å². The molecule has 3 rings (SSSR count). The smallest absolute Gasteiger partial charge is 0.326 e. The van der Waals surface area contributed by atoms with Gasteiger partial charge in [-0.1, -0.05) is 49.1 Å². The van der Waals surface area contributed by atoms with E-state index in [-0.39, 0.29) is 15.1 Å². The minimum Gasteiger partial charge on any atom is -0.480 e. The number of thiocarbonyl (C=S) groups is 1. The molecule has 130 valence electrons.